The Morgan fingerprint density at radius 1 is 1.31 bits per heavy atom. The van der Waals surface area contributed by atoms with Gasteiger partial charge in [-0.1, -0.05) is 55.9 Å². The smallest absolute Gasteiger partial charge is 0.329 e. The summed E-state index contributed by atoms with van der Waals surface area (Å²) in [5.74, 6) is -0.968. The van der Waals surface area contributed by atoms with Crippen LogP contribution in [0.1, 0.15) is 56.3 Å². The van der Waals surface area contributed by atoms with Crippen LogP contribution in [-0.2, 0) is 20.7 Å². The topological polar surface area (TPSA) is 151 Å². The van der Waals surface area contributed by atoms with Gasteiger partial charge in [0.15, 0.2) is 0 Å². The third-order valence-corrected chi connectivity index (χ3v) is 7.04. The van der Waals surface area contributed by atoms with Crippen molar-refractivity contribution in [2.45, 2.75) is 64.7 Å². The molecule has 0 saturated carbocycles. The zero-order valence-electron chi connectivity index (χ0n) is 23.1. The van der Waals surface area contributed by atoms with Crippen molar-refractivity contribution in [2.75, 3.05) is 19.6 Å². The minimum atomic E-state index is -0.737. The number of H-pyrrole nitrogens is 1. The van der Waals surface area contributed by atoms with Gasteiger partial charge in [-0.3, -0.25) is 9.59 Å². The van der Waals surface area contributed by atoms with Gasteiger partial charge in [-0.25, -0.2) is 9.78 Å². The fourth-order valence-corrected chi connectivity index (χ4v) is 4.89. The lowest BCUT2D eigenvalue weighted by Crippen LogP contribution is -2.45. The Labute approximate surface area is 230 Å². The molecule has 212 valence electrons. The fourth-order valence-electron chi connectivity index (χ4n) is 4.89. The highest BCUT2D eigenvalue weighted by Gasteiger charge is 2.38. The van der Waals surface area contributed by atoms with E-state index in [4.69, 9.17) is 10.5 Å². The molecule has 1 aromatic heterocycles. The van der Waals surface area contributed by atoms with Crippen molar-refractivity contribution in [3.63, 3.8) is 0 Å². The molecule has 5 atom stereocenters. The van der Waals surface area contributed by atoms with Crippen molar-refractivity contribution >= 4 is 17.8 Å². The van der Waals surface area contributed by atoms with Gasteiger partial charge in [-0.15, -0.1) is 0 Å². The Bertz CT molecular complexity index is 1140. The molecule has 3 heterocycles. The van der Waals surface area contributed by atoms with Crippen molar-refractivity contribution in [2.24, 2.45) is 17.6 Å². The number of cyclic esters (lactones) is 1. The fraction of sp³-hybridized carbons (Fsp3) is 0.517. The summed E-state index contributed by atoms with van der Waals surface area (Å²) in [7, 11) is 0. The third kappa shape index (κ3) is 8.49. The first-order valence-corrected chi connectivity index (χ1v) is 13.5. The van der Waals surface area contributed by atoms with E-state index in [9.17, 15) is 19.5 Å². The minimum absolute atomic E-state index is 0.159. The van der Waals surface area contributed by atoms with Crippen LogP contribution in [0.3, 0.4) is 0 Å². The lowest BCUT2D eigenvalue weighted by atomic mass is 9.92. The summed E-state index contributed by atoms with van der Waals surface area (Å²) < 4.78 is 5.94. The predicted molar refractivity (Wildman–Crippen MR) is 148 cm³/mol. The molecule has 2 amide bonds. The zero-order chi connectivity index (χ0) is 28.5. The van der Waals surface area contributed by atoms with Crippen LogP contribution >= 0.6 is 0 Å². The zero-order valence-corrected chi connectivity index (χ0v) is 23.1. The monoisotopic (exact) mass is 539 g/mol. The van der Waals surface area contributed by atoms with Gasteiger partial charge in [-0.05, 0) is 38.8 Å². The van der Waals surface area contributed by atoms with Gasteiger partial charge in [0.25, 0.3) is 5.91 Å². The van der Waals surface area contributed by atoms with Crippen molar-refractivity contribution in [3.05, 3.63) is 65.8 Å². The molecule has 0 aliphatic carbocycles. The third-order valence-electron chi connectivity index (χ3n) is 7.04. The lowest BCUT2D eigenvalue weighted by molar-refractivity contribution is -0.158. The van der Waals surface area contributed by atoms with E-state index >= 15 is 0 Å². The van der Waals surface area contributed by atoms with Crippen LogP contribution < -0.4 is 11.1 Å². The molecule has 0 aromatic carbocycles. The summed E-state index contributed by atoms with van der Waals surface area (Å²) in [5.41, 5.74) is 7.79. The number of imidazole rings is 1. The van der Waals surface area contributed by atoms with E-state index in [1.165, 1.54) is 17.2 Å². The van der Waals surface area contributed by atoms with Crippen molar-refractivity contribution in [3.8, 4) is 0 Å². The molecule has 3 rings (SSSR count). The van der Waals surface area contributed by atoms with Crippen LogP contribution in [0.25, 0.3) is 0 Å². The number of carbonyl (C=O) groups is 3. The Kier molecular flexibility index (Phi) is 10.8. The first-order chi connectivity index (χ1) is 18.6. The number of esters is 1. The Hall–Kier alpha value is -3.50. The number of amides is 2. The SMILES string of the molecule is C=C1Cc2ncc([nH]2)C(=O)N2CCC[C@@H]2C(=O)O[C@H]([C@@H](C)CN)[C@H](C)/C=C/C(=O)NC/C=C/C(C)=C/[C@@H](O)C1. The Morgan fingerprint density at radius 3 is 2.82 bits per heavy atom. The average Bonchev–Trinajstić information content (AvgIpc) is 3.57. The molecule has 39 heavy (non-hydrogen) atoms. The molecule has 0 unspecified atom stereocenters. The lowest BCUT2D eigenvalue weighted by Gasteiger charge is -2.30. The summed E-state index contributed by atoms with van der Waals surface area (Å²) in [4.78, 5) is 47.8. The summed E-state index contributed by atoms with van der Waals surface area (Å²) in [6, 6.07) is -0.718. The second-order valence-electron chi connectivity index (χ2n) is 10.5. The molecule has 5 N–H and O–H groups in total. The Morgan fingerprint density at radius 2 is 2.08 bits per heavy atom. The van der Waals surface area contributed by atoms with Gasteiger partial charge in [0, 0.05) is 31.3 Å². The molecular formula is C29H41N5O5. The van der Waals surface area contributed by atoms with E-state index < -0.39 is 24.2 Å². The number of ether oxygens (including phenoxy) is 1. The number of nitrogens with two attached hydrogens (primary N) is 1. The molecular weight excluding hydrogens is 498 g/mol. The highest BCUT2D eigenvalue weighted by molar-refractivity contribution is 5.95. The Balaban J connectivity index is 1.87. The van der Waals surface area contributed by atoms with Gasteiger partial charge in [0.2, 0.25) is 5.91 Å². The van der Waals surface area contributed by atoms with Crippen LogP contribution in [-0.4, -0.2) is 75.6 Å². The maximum Gasteiger partial charge on any atom is 0.329 e. The molecule has 1 saturated heterocycles. The van der Waals surface area contributed by atoms with E-state index in [2.05, 4.69) is 21.9 Å². The first-order valence-electron chi connectivity index (χ1n) is 13.5. The van der Waals surface area contributed by atoms with Gasteiger partial charge < -0.3 is 30.8 Å². The number of hydrogen-bond acceptors (Lipinski definition) is 7. The number of aromatic amines is 1. The second-order valence-corrected chi connectivity index (χ2v) is 10.5. The normalized spacial score (nSPS) is 30.0. The quantitative estimate of drug-likeness (QED) is 0.332. The standard InChI is InChI=1S/C29H41N5O5/c1-18-7-5-11-31-26(36)10-9-20(3)27(21(4)16-30)39-29(38)24-8-6-12-34(24)28(37)23-17-32-25(33-23)15-19(2)14-22(35)13-18/h5,7,9-10,13,17,20-22,24,27,35H,2,6,8,11-12,14-16,30H2,1,3-4H3,(H,31,36)(H,32,33)/b7-5+,10-9+,18-13+/t20-,21+,22-,24-,27+/m1/s1. The maximum atomic E-state index is 13.3. The molecule has 2 bridgehead atoms. The van der Waals surface area contributed by atoms with E-state index in [1.807, 2.05) is 26.8 Å². The average molecular weight is 540 g/mol. The summed E-state index contributed by atoms with van der Waals surface area (Å²) in [6.07, 6.45) is 10.5. The number of aliphatic hydroxyl groups is 1. The molecule has 0 spiro atoms. The van der Waals surface area contributed by atoms with E-state index in [0.29, 0.717) is 51.1 Å². The molecule has 1 aromatic rings. The number of aliphatic hydroxyl groups excluding tert-OH is 1. The van der Waals surface area contributed by atoms with Crippen molar-refractivity contribution < 1.29 is 24.2 Å². The number of aromatic nitrogens is 2. The van der Waals surface area contributed by atoms with Crippen LogP contribution in [0.2, 0.25) is 0 Å². The summed E-state index contributed by atoms with van der Waals surface area (Å²) in [5, 5.41) is 13.2. The highest BCUT2D eigenvalue weighted by atomic mass is 16.5. The van der Waals surface area contributed by atoms with Crippen molar-refractivity contribution in [1.29, 1.82) is 0 Å². The van der Waals surface area contributed by atoms with Crippen LogP contribution in [0.5, 0.6) is 0 Å². The molecule has 2 aliphatic rings. The summed E-state index contributed by atoms with van der Waals surface area (Å²) in [6.45, 7) is 10.7. The molecule has 1 fully saturated rings. The number of nitrogens with one attached hydrogen (secondary N) is 2. The number of rotatable bonds is 2. The molecule has 10 nitrogen and oxygen atoms in total. The maximum absolute atomic E-state index is 13.3. The second kappa shape index (κ2) is 14.0. The van der Waals surface area contributed by atoms with E-state index in [0.717, 1.165) is 11.1 Å². The number of carbonyl (C=O) groups excluding carboxylic acids is 3. The number of nitrogens with zero attached hydrogens (tertiary/aromatic N) is 2. The van der Waals surface area contributed by atoms with Gasteiger partial charge in [0.1, 0.15) is 23.7 Å². The molecule has 0 radical (unpaired) electrons. The number of hydrogen-bond donors (Lipinski definition) is 4. The molecule has 2 aliphatic heterocycles. The predicted octanol–water partition coefficient (Wildman–Crippen LogP) is 2.20. The van der Waals surface area contributed by atoms with Gasteiger partial charge in [0.05, 0.1) is 12.3 Å². The van der Waals surface area contributed by atoms with Gasteiger partial charge in [-0.2, -0.15) is 0 Å². The highest BCUT2D eigenvalue weighted by Crippen LogP contribution is 2.25. The van der Waals surface area contributed by atoms with Crippen molar-refractivity contribution in [1.82, 2.24) is 20.2 Å². The summed E-state index contributed by atoms with van der Waals surface area (Å²) >= 11 is 0. The first kappa shape index (κ1) is 30.0. The number of fused-ring (bicyclic) bond motifs is 3. The van der Waals surface area contributed by atoms with Crippen LogP contribution in [0.4, 0.5) is 0 Å². The van der Waals surface area contributed by atoms with E-state index in [1.54, 1.807) is 18.2 Å². The number of allylic oxidation sites excluding steroid dienone is 2. The van der Waals surface area contributed by atoms with Crippen LogP contribution in [0, 0.1) is 11.8 Å². The van der Waals surface area contributed by atoms with Gasteiger partial charge >= 0.3 is 5.97 Å². The van der Waals surface area contributed by atoms with Crippen LogP contribution in [0.15, 0.2) is 54.3 Å². The van der Waals surface area contributed by atoms with E-state index in [-0.39, 0.29) is 29.3 Å². The minimum Gasteiger partial charge on any atom is -0.460 e. The molecule has 10 heteroatoms. The largest absolute Gasteiger partial charge is 0.460 e.